The first kappa shape index (κ1) is 11.1. The lowest BCUT2D eigenvalue weighted by Crippen LogP contribution is -2.06. The van der Waals surface area contributed by atoms with Gasteiger partial charge in [0.05, 0.1) is 12.5 Å². The largest absolute Gasteiger partial charge is 0.398 e. The zero-order valence-electron chi connectivity index (χ0n) is 7.17. The van der Waals surface area contributed by atoms with Crippen LogP contribution in [0.15, 0.2) is 6.20 Å². The van der Waals surface area contributed by atoms with Crippen LogP contribution >= 0.6 is 11.6 Å². The van der Waals surface area contributed by atoms with Crippen LogP contribution in [0.3, 0.4) is 0 Å². The van der Waals surface area contributed by atoms with Crippen LogP contribution in [0.4, 0.5) is 14.5 Å². The molecule has 6 heteroatoms. The minimum atomic E-state index is -2.75. The summed E-state index contributed by atoms with van der Waals surface area (Å²) in [5, 5.41) is 8.87. The molecule has 0 fully saturated rings. The summed E-state index contributed by atoms with van der Waals surface area (Å²) in [5.74, 6) is 0.0787. The van der Waals surface area contributed by atoms with Gasteiger partial charge in [-0.3, -0.25) is 4.98 Å². The van der Waals surface area contributed by atoms with Crippen molar-refractivity contribution in [2.24, 2.45) is 0 Å². The average Bonchev–Trinajstić information content (AvgIpc) is 2.17. The van der Waals surface area contributed by atoms with Gasteiger partial charge in [-0.05, 0) is 0 Å². The third-order valence-corrected chi connectivity index (χ3v) is 2.14. The molecular formula is C8H9ClF2N2O. The van der Waals surface area contributed by atoms with Crippen molar-refractivity contribution in [3.63, 3.8) is 0 Å². The van der Waals surface area contributed by atoms with E-state index >= 15 is 0 Å². The van der Waals surface area contributed by atoms with Gasteiger partial charge in [-0.15, -0.1) is 11.6 Å². The van der Waals surface area contributed by atoms with Crippen LogP contribution in [0.25, 0.3) is 0 Å². The summed E-state index contributed by atoms with van der Waals surface area (Å²) < 4.78 is 24.7. The Hall–Kier alpha value is -0.940. The molecule has 3 nitrogen and oxygen atoms in total. The van der Waals surface area contributed by atoms with Crippen LogP contribution in [0.2, 0.25) is 0 Å². The zero-order chi connectivity index (χ0) is 10.7. The van der Waals surface area contributed by atoms with Crippen molar-refractivity contribution in [2.45, 2.75) is 18.9 Å². The van der Waals surface area contributed by atoms with Gasteiger partial charge in [0.25, 0.3) is 6.43 Å². The molecule has 1 aromatic rings. The number of pyridine rings is 1. The van der Waals surface area contributed by atoms with Gasteiger partial charge in [0.1, 0.15) is 5.69 Å². The maximum absolute atomic E-state index is 12.4. The maximum Gasteiger partial charge on any atom is 0.280 e. The molecule has 0 radical (unpaired) electrons. The summed E-state index contributed by atoms with van der Waals surface area (Å²) in [6.45, 7) is -0.566. The molecule has 0 spiro atoms. The second-order valence-corrected chi connectivity index (χ2v) is 2.92. The molecule has 0 aromatic carbocycles. The van der Waals surface area contributed by atoms with Gasteiger partial charge >= 0.3 is 0 Å². The van der Waals surface area contributed by atoms with E-state index in [0.29, 0.717) is 5.56 Å². The highest BCUT2D eigenvalue weighted by Gasteiger charge is 2.18. The Bertz CT molecular complexity index is 333. The average molecular weight is 223 g/mol. The van der Waals surface area contributed by atoms with Gasteiger partial charge in [0, 0.05) is 23.0 Å². The lowest BCUT2D eigenvalue weighted by molar-refractivity contribution is 0.141. The topological polar surface area (TPSA) is 59.1 Å². The number of hydrogen-bond acceptors (Lipinski definition) is 3. The van der Waals surface area contributed by atoms with E-state index in [-0.39, 0.29) is 17.1 Å². The number of rotatable bonds is 3. The van der Waals surface area contributed by atoms with Gasteiger partial charge < -0.3 is 10.8 Å². The molecule has 0 atom stereocenters. The van der Waals surface area contributed by atoms with Crippen molar-refractivity contribution < 1.29 is 13.9 Å². The predicted molar refractivity (Wildman–Crippen MR) is 49.1 cm³/mol. The first-order valence-corrected chi connectivity index (χ1v) is 4.36. The van der Waals surface area contributed by atoms with E-state index in [1.54, 1.807) is 0 Å². The first-order valence-electron chi connectivity index (χ1n) is 3.82. The molecule has 1 aromatic heterocycles. The zero-order valence-corrected chi connectivity index (χ0v) is 7.93. The van der Waals surface area contributed by atoms with Crippen molar-refractivity contribution in [1.29, 1.82) is 0 Å². The monoisotopic (exact) mass is 222 g/mol. The van der Waals surface area contributed by atoms with Gasteiger partial charge in [0.2, 0.25) is 0 Å². The summed E-state index contributed by atoms with van der Waals surface area (Å²) in [7, 11) is 0. The predicted octanol–water partition coefficient (Wildman–Crippen LogP) is 1.83. The molecule has 78 valence electrons. The molecule has 0 aliphatic rings. The van der Waals surface area contributed by atoms with E-state index in [2.05, 4.69) is 4.98 Å². The lowest BCUT2D eigenvalue weighted by Gasteiger charge is -2.11. The molecule has 0 aliphatic carbocycles. The van der Waals surface area contributed by atoms with E-state index in [1.807, 2.05) is 0 Å². The molecule has 0 saturated heterocycles. The van der Waals surface area contributed by atoms with Gasteiger partial charge in [0.15, 0.2) is 0 Å². The number of hydrogen-bond donors (Lipinski definition) is 2. The van der Waals surface area contributed by atoms with Crippen LogP contribution in [-0.4, -0.2) is 10.1 Å². The van der Waals surface area contributed by atoms with Crippen LogP contribution in [0, 0.1) is 0 Å². The van der Waals surface area contributed by atoms with Crippen LogP contribution in [0.5, 0.6) is 0 Å². The molecule has 0 amide bonds. The highest BCUT2D eigenvalue weighted by Crippen LogP contribution is 2.27. The standard InChI is InChI=1S/C8H9ClF2N2O/c9-1-4-2-13-7(8(10)11)5(3-14)6(4)12/h2,8,14H,1,3H2,(H2,12,13). The SMILES string of the molecule is Nc1c(CCl)cnc(C(F)F)c1CO. The van der Waals surface area contributed by atoms with Crippen molar-refractivity contribution in [2.75, 3.05) is 5.73 Å². The van der Waals surface area contributed by atoms with Gasteiger partial charge in [-0.25, -0.2) is 8.78 Å². The van der Waals surface area contributed by atoms with Crippen LogP contribution in [0.1, 0.15) is 23.2 Å². The number of anilines is 1. The van der Waals surface area contributed by atoms with E-state index in [4.69, 9.17) is 22.4 Å². The lowest BCUT2D eigenvalue weighted by atomic mass is 10.1. The van der Waals surface area contributed by atoms with E-state index in [0.717, 1.165) is 0 Å². The molecule has 3 N–H and O–H groups in total. The Kier molecular flexibility index (Phi) is 3.60. The fraction of sp³-hybridized carbons (Fsp3) is 0.375. The van der Waals surface area contributed by atoms with Gasteiger partial charge in [-0.2, -0.15) is 0 Å². The summed E-state index contributed by atoms with van der Waals surface area (Å²) in [6.07, 6.45) is -1.55. The third-order valence-electron chi connectivity index (χ3n) is 1.85. The molecule has 0 unspecified atom stereocenters. The van der Waals surface area contributed by atoms with E-state index in [9.17, 15) is 8.78 Å². The Morgan fingerprint density at radius 2 is 2.21 bits per heavy atom. The molecule has 0 bridgehead atoms. The summed E-state index contributed by atoms with van der Waals surface area (Å²) in [4.78, 5) is 3.51. The molecule has 0 saturated carbocycles. The molecule has 1 heterocycles. The molecular weight excluding hydrogens is 214 g/mol. The number of aliphatic hydroxyl groups excluding tert-OH is 1. The van der Waals surface area contributed by atoms with E-state index in [1.165, 1.54) is 6.20 Å². The van der Waals surface area contributed by atoms with Crippen LogP contribution < -0.4 is 5.73 Å². The minimum absolute atomic E-state index is 0.0434. The van der Waals surface area contributed by atoms with Crippen molar-refractivity contribution in [3.8, 4) is 0 Å². The van der Waals surface area contributed by atoms with Crippen molar-refractivity contribution in [1.82, 2.24) is 4.98 Å². The second-order valence-electron chi connectivity index (χ2n) is 2.65. The van der Waals surface area contributed by atoms with E-state index < -0.39 is 18.7 Å². The third kappa shape index (κ3) is 1.93. The minimum Gasteiger partial charge on any atom is -0.398 e. The summed E-state index contributed by atoms with van der Waals surface area (Å²) in [5.41, 5.74) is 5.53. The first-order chi connectivity index (χ1) is 6.61. The normalized spacial score (nSPS) is 10.9. The Morgan fingerprint density at radius 3 is 2.64 bits per heavy atom. The Balaban J connectivity index is 3.28. The summed E-state index contributed by atoms with van der Waals surface area (Å²) >= 11 is 5.50. The number of aromatic nitrogens is 1. The fourth-order valence-electron chi connectivity index (χ4n) is 1.09. The molecule has 1 rings (SSSR count). The number of nitrogens with two attached hydrogens (primary N) is 1. The molecule has 14 heavy (non-hydrogen) atoms. The van der Waals surface area contributed by atoms with Crippen LogP contribution in [-0.2, 0) is 12.5 Å². The number of alkyl halides is 3. The van der Waals surface area contributed by atoms with Gasteiger partial charge in [-0.1, -0.05) is 0 Å². The fourth-order valence-corrected chi connectivity index (χ4v) is 1.30. The number of nitrogens with zero attached hydrogens (tertiary/aromatic N) is 1. The Labute approximate surface area is 84.5 Å². The number of aliphatic hydroxyl groups is 1. The number of halogens is 3. The number of nitrogen functional groups attached to an aromatic ring is 1. The highest BCUT2D eigenvalue weighted by atomic mass is 35.5. The van der Waals surface area contributed by atoms with Crippen molar-refractivity contribution in [3.05, 3.63) is 23.0 Å². The van der Waals surface area contributed by atoms with Crippen molar-refractivity contribution >= 4 is 17.3 Å². The quantitative estimate of drug-likeness (QED) is 0.768. The smallest absolute Gasteiger partial charge is 0.280 e. The highest BCUT2D eigenvalue weighted by molar-refractivity contribution is 6.17. The molecule has 0 aliphatic heterocycles. The second kappa shape index (κ2) is 4.52. The maximum atomic E-state index is 12.4. The summed E-state index contributed by atoms with van der Waals surface area (Å²) in [6, 6.07) is 0. The Morgan fingerprint density at radius 1 is 1.57 bits per heavy atom.